The monoisotopic (exact) mass is 413 g/mol. The highest BCUT2D eigenvalue weighted by Crippen LogP contribution is 2.20. The van der Waals surface area contributed by atoms with Gasteiger partial charge in [-0.05, 0) is 59.4 Å². The molecular formula is C20H16ClN3O3S. The molecule has 142 valence electrons. The number of fused-ring (bicyclic) bond motifs is 1. The van der Waals surface area contributed by atoms with E-state index in [0.29, 0.717) is 16.3 Å². The van der Waals surface area contributed by atoms with E-state index in [9.17, 15) is 9.59 Å². The maximum absolute atomic E-state index is 12.0. The number of amides is 2. The average molecular weight is 414 g/mol. The van der Waals surface area contributed by atoms with Crippen LogP contribution in [0.5, 0.6) is 5.75 Å². The zero-order valence-electron chi connectivity index (χ0n) is 14.6. The van der Waals surface area contributed by atoms with Crippen LogP contribution in [0.4, 0.5) is 0 Å². The Morgan fingerprint density at radius 2 is 1.64 bits per heavy atom. The van der Waals surface area contributed by atoms with Crippen molar-refractivity contribution >= 4 is 51.5 Å². The molecule has 0 saturated heterocycles. The van der Waals surface area contributed by atoms with E-state index in [1.807, 2.05) is 36.4 Å². The fraction of sp³-hybridized carbons (Fsp3) is 0.0500. The van der Waals surface area contributed by atoms with Gasteiger partial charge in [0.1, 0.15) is 5.75 Å². The molecule has 0 aliphatic rings. The Morgan fingerprint density at radius 1 is 0.929 bits per heavy atom. The molecule has 0 radical (unpaired) electrons. The normalized spacial score (nSPS) is 10.2. The van der Waals surface area contributed by atoms with Gasteiger partial charge in [-0.15, -0.1) is 0 Å². The molecule has 6 nitrogen and oxygen atoms in total. The van der Waals surface area contributed by atoms with E-state index in [-0.39, 0.29) is 11.7 Å². The van der Waals surface area contributed by atoms with Crippen LogP contribution in [0.2, 0.25) is 5.02 Å². The van der Waals surface area contributed by atoms with Crippen LogP contribution in [0.15, 0.2) is 66.7 Å². The fourth-order valence-electron chi connectivity index (χ4n) is 2.39. The van der Waals surface area contributed by atoms with Crippen molar-refractivity contribution in [2.45, 2.75) is 0 Å². The third-order valence-electron chi connectivity index (χ3n) is 3.74. The van der Waals surface area contributed by atoms with Crippen LogP contribution in [0.1, 0.15) is 10.4 Å². The van der Waals surface area contributed by atoms with Gasteiger partial charge in [-0.3, -0.25) is 25.8 Å². The van der Waals surface area contributed by atoms with Crippen molar-refractivity contribution in [2.24, 2.45) is 0 Å². The summed E-state index contributed by atoms with van der Waals surface area (Å²) >= 11 is 10.8. The molecule has 2 amide bonds. The number of hydrogen-bond acceptors (Lipinski definition) is 4. The minimum Gasteiger partial charge on any atom is -0.484 e. The lowest BCUT2D eigenvalue weighted by molar-refractivity contribution is -0.121. The molecule has 3 N–H and O–H groups in total. The van der Waals surface area contributed by atoms with Crippen molar-refractivity contribution in [3.8, 4) is 5.75 Å². The van der Waals surface area contributed by atoms with Crippen molar-refractivity contribution in [1.82, 2.24) is 16.2 Å². The standard InChI is InChI=1S/C20H16ClN3O3S/c21-16-8-5-14(6-9-16)19(26)23-24-20(28)22-18(25)12-27-17-10-7-13-3-1-2-4-15(13)11-17/h1-11H,12H2,(H,23,26)(H2,22,24,25,28). The zero-order valence-corrected chi connectivity index (χ0v) is 16.1. The van der Waals surface area contributed by atoms with Crippen LogP contribution in [0.3, 0.4) is 0 Å². The first-order valence-corrected chi connectivity index (χ1v) is 9.07. The summed E-state index contributed by atoms with van der Waals surface area (Å²) in [5, 5.41) is 5.00. The van der Waals surface area contributed by atoms with Crippen molar-refractivity contribution in [2.75, 3.05) is 6.61 Å². The molecule has 28 heavy (non-hydrogen) atoms. The number of ether oxygens (including phenoxy) is 1. The third-order valence-corrected chi connectivity index (χ3v) is 4.20. The van der Waals surface area contributed by atoms with E-state index in [1.54, 1.807) is 30.3 Å². The summed E-state index contributed by atoms with van der Waals surface area (Å²) in [5.41, 5.74) is 5.24. The van der Waals surface area contributed by atoms with E-state index >= 15 is 0 Å². The Bertz CT molecular complexity index is 1020. The van der Waals surface area contributed by atoms with Crippen LogP contribution < -0.4 is 20.9 Å². The summed E-state index contributed by atoms with van der Waals surface area (Å²) in [6, 6.07) is 19.7. The van der Waals surface area contributed by atoms with Gasteiger partial charge in [-0.1, -0.05) is 41.9 Å². The second-order valence-electron chi connectivity index (χ2n) is 5.76. The van der Waals surface area contributed by atoms with E-state index in [2.05, 4.69) is 16.2 Å². The predicted octanol–water partition coefficient (Wildman–Crippen LogP) is 3.21. The molecule has 0 saturated carbocycles. The number of hydrogen-bond donors (Lipinski definition) is 3. The maximum Gasteiger partial charge on any atom is 0.269 e. The van der Waals surface area contributed by atoms with Gasteiger partial charge in [-0.25, -0.2) is 0 Å². The molecule has 3 aromatic carbocycles. The molecule has 3 rings (SSSR count). The van der Waals surface area contributed by atoms with Crippen LogP contribution in [-0.2, 0) is 4.79 Å². The van der Waals surface area contributed by atoms with Crippen LogP contribution in [0.25, 0.3) is 10.8 Å². The number of benzene rings is 3. The second-order valence-corrected chi connectivity index (χ2v) is 6.61. The highest BCUT2D eigenvalue weighted by Gasteiger charge is 2.09. The summed E-state index contributed by atoms with van der Waals surface area (Å²) in [4.78, 5) is 23.9. The summed E-state index contributed by atoms with van der Waals surface area (Å²) in [6.07, 6.45) is 0. The van der Waals surface area contributed by atoms with Crippen LogP contribution in [-0.4, -0.2) is 23.5 Å². The molecular weight excluding hydrogens is 398 g/mol. The Balaban J connectivity index is 1.44. The number of nitrogens with one attached hydrogen (secondary N) is 3. The lowest BCUT2D eigenvalue weighted by atomic mass is 10.1. The molecule has 0 heterocycles. The molecule has 0 aromatic heterocycles. The zero-order chi connectivity index (χ0) is 19.9. The summed E-state index contributed by atoms with van der Waals surface area (Å²) in [5.74, 6) is -0.296. The lowest BCUT2D eigenvalue weighted by Crippen LogP contribution is -2.49. The van der Waals surface area contributed by atoms with E-state index in [1.165, 1.54) is 0 Å². The van der Waals surface area contributed by atoms with E-state index < -0.39 is 11.8 Å². The van der Waals surface area contributed by atoms with Crippen molar-refractivity contribution < 1.29 is 14.3 Å². The van der Waals surface area contributed by atoms with Crippen molar-refractivity contribution in [3.63, 3.8) is 0 Å². The Labute approximate surface area is 171 Å². The lowest BCUT2D eigenvalue weighted by Gasteiger charge is -2.11. The fourth-order valence-corrected chi connectivity index (χ4v) is 2.68. The summed E-state index contributed by atoms with van der Waals surface area (Å²) < 4.78 is 5.48. The average Bonchev–Trinajstić information content (AvgIpc) is 2.71. The van der Waals surface area contributed by atoms with Crippen molar-refractivity contribution in [3.05, 3.63) is 77.3 Å². The van der Waals surface area contributed by atoms with Gasteiger partial charge in [-0.2, -0.15) is 0 Å². The Hall–Kier alpha value is -3.16. The van der Waals surface area contributed by atoms with Crippen molar-refractivity contribution in [1.29, 1.82) is 0 Å². The molecule has 0 spiro atoms. The topological polar surface area (TPSA) is 79.5 Å². The second kappa shape index (κ2) is 9.16. The number of carbonyl (C=O) groups is 2. The number of thiocarbonyl (C=S) groups is 1. The summed E-state index contributed by atoms with van der Waals surface area (Å²) in [7, 11) is 0. The minimum absolute atomic E-state index is 0.0468. The summed E-state index contributed by atoms with van der Waals surface area (Å²) in [6.45, 7) is -0.217. The highest BCUT2D eigenvalue weighted by molar-refractivity contribution is 7.80. The number of rotatable bonds is 4. The number of hydrazine groups is 1. The smallest absolute Gasteiger partial charge is 0.269 e. The quantitative estimate of drug-likeness (QED) is 0.452. The number of halogens is 1. The Morgan fingerprint density at radius 3 is 2.39 bits per heavy atom. The SMILES string of the molecule is O=C(COc1ccc2ccccc2c1)NC(=S)NNC(=O)c1ccc(Cl)cc1. The van der Waals surface area contributed by atoms with E-state index in [4.69, 9.17) is 28.6 Å². The van der Waals surface area contributed by atoms with Gasteiger partial charge in [0, 0.05) is 10.6 Å². The molecule has 0 bridgehead atoms. The first kappa shape index (κ1) is 19.6. The molecule has 8 heteroatoms. The van der Waals surface area contributed by atoms with Crippen LogP contribution in [0, 0.1) is 0 Å². The first-order valence-electron chi connectivity index (χ1n) is 8.28. The van der Waals surface area contributed by atoms with Gasteiger partial charge < -0.3 is 4.74 Å². The minimum atomic E-state index is -0.452. The largest absolute Gasteiger partial charge is 0.484 e. The Kier molecular flexibility index (Phi) is 6.41. The molecule has 0 fully saturated rings. The van der Waals surface area contributed by atoms with Gasteiger partial charge in [0.25, 0.3) is 11.8 Å². The van der Waals surface area contributed by atoms with Gasteiger partial charge >= 0.3 is 0 Å². The molecule has 0 aliphatic carbocycles. The first-order chi connectivity index (χ1) is 13.5. The predicted molar refractivity (Wildman–Crippen MR) is 112 cm³/mol. The van der Waals surface area contributed by atoms with Gasteiger partial charge in [0.05, 0.1) is 0 Å². The molecule has 0 atom stereocenters. The maximum atomic E-state index is 12.0. The highest BCUT2D eigenvalue weighted by atomic mass is 35.5. The van der Waals surface area contributed by atoms with Crippen LogP contribution >= 0.6 is 23.8 Å². The molecule has 3 aromatic rings. The van der Waals surface area contributed by atoms with Gasteiger partial charge in [0.15, 0.2) is 11.7 Å². The van der Waals surface area contributed by atoms with E-state index in [0.717, 1.165) is 10.8 Å². The number of carbonyl (C=O) groups excluding carboxylic acids is 2. The third kappa shape index (κ3) is 5.42. The molecule has 0 aliphatic heterocycles. The molecule has 0 unspecified atom stereocenters. The van der Waals surface area contributed by atoms with Gasteiger partial charge in [0.2, 0.25) is 0 Å².